The van der Waals surface area contributed by atoms with Gasteiger partial charge in [0.2, 0.25) is 5.91 Å². The summed E-state index contributed by atoms with van der Waals surface area (Å²) in [5.74, 6) is -0.977. The summed E-state index contributed by atoms with van der Waals surface area (Å²) in [6.07, 6.45) is -1.92. The van der Waals surface area contributed by atoms with Crippen LogP contribution in [0.3, 0.4) is 0 Å². The van der Waals surface area contributed by atoms with Crippen molar-refractivity contribution in [3.8, 4) is 6.07 Å². The zero-order valence-corrected chi connectivity index (χ0v) is 17.5. The minimum Gasteiger partial charge on any atom is -0.382 e. The van der Waals surface area contributed by atoms with Crippen LogP contribution in [0.2, 0.25) is 5.02 Å². The van der Waals surface area contributed by atoms with Crippen molar-refractivity contribution in [1.82, 2.24) is 15.4 Å². The molecule has 0 aliphatic heterocycles. The Labute approximate surface area is 186 Å². The van der Waals surface area contributed by atoms with E-state index in [-0.39, 0.29) is 17.3 Å². The highest BCUT2D eigenvalue weighted by atomic mass is 35.5. The lowest BCUT2D eigenvalue weighted by atomic mass is 10.0. The molecule has 4 N–H and O–H groups in total. The van der Waals surface area contributed by atoms with Crippen molar-refractivity contribution in [2.24, 2.45) is 5.10 Å². The molecule has 0 saturated heterocycles. The first-order chi connectivity index (χ1) is 15.3. The van der Waals surface area contributed by atoms with Crippen molar-refractivity contribution in [1.29, 1.82) is 5.26 Å². The van der Waals surface area contributed by atoms with Gasteiger partial charge in [0, 0.05) is 17.6 Å². The molecule has 0 spiro atoms. The van der Waals surface area contributed by atoms with E-state index in [1.807, 2.05) is 0 Å². The van der Waals surface area contributed by atoms with Crippen LogP contribution >= 0.6 is 11.6 Å². The Morgan fingerprint density at radius 1 is 1.28 bits per heavy atom. The number of halogens is 1. The number of benzene rings is 2. The average Bonchev–Trinajstić information content (AvgIpc) is 2.74. The van der Waals surface area contributed by atoms with Crippen molar-refractivity contribution in [3.63, 3.8) is 0 Å². The summed E-state index contributed by atoms with van der Waals surface area (Å²) in [6, 6.07) is 12.5. The van der Waals surface area contributed by atoms with Gasteiger partial charge in [-0.2, -0.15) is 10.4 Å². The Balaban J connectivity index is 2.06. The number of carbonyl (C=O) groups excluding carboxylic acids is 2. The molecule has 3 rings (SSSR count). The second-order valence-corrected chi connectivity index (χ2v) is 7.09. The fourth-order valence-corrected chi connectivity index (χ4v) is 2.99. The van der Waals surface area contributed by atoms with Crippen molar-refractivity contribution in [2.45, 2.75) is 19.4 Å². The predicted octanol–water partition coefficient (Wildman–Crippen LogP) is 2.00. The third-order valence-electron chi connectivity index (χ3n) is 4.24. The number of carbonyl (C=O) groups is 2. The maximum atomic E-state index is 12.7. The molecule has 1 unspecified atom stereocenters. The van der Waals surface area contributed by atoms with E-state index in [0.29, 0.717) is 27.3 Å². The fraction of sp³-hybridized carbons (Fsp3) is 0.143. The molecule has 0 aliphatic rings. The van der Waals surface area contributed by atoms with E-state index in [9.17, 15) is 19.5 Å². The minimum absolute atomic E-state index is 0.226. The molecule has 1 heterocycles. The van der Waals surface area contributed by atoms with Crippen LogP contribution in [0.5, 0.6) is 0 Å². The molecular formula is C21H17ClN6O4. The van der Waals surface area contributed by atoms with E-state index in [1.165, 1.54) is 25.1 Å². The SMILES string of the molecule is CC(=O)Nc1ccc(C(O)/C(=N\NC(=O)CC#N)c2nc3ccc(Cl)cc3[nH]c2=O)cc1. The van der Waals surface area contributed by atoms with Gasteiger partial charge in [-0.3, -0.25) is 14.4 Å². The third-order valence-corrected chi connectivity index (χ3v) is 4.48. The Morgan fingerprint density at radius 2 is 2.00 bits per heavy atom. The number of amides is 2. The molecule has 0 saturated carbocycles. The number of nitrogens with zero attached hydrogens (tertiary/aromatic N) is 3. The van der Waals surface area contributed by atoms with Crippen molar-refractivity contribution in [3.05, 3.63) is 69.1 Å². The first kappa shape index (κ1) is 22.6. The summed E-state index contributed by atoms with van der Waals surface area (Å²) >= 11 is 5.95. The monoisotopic (exact) mass is 452 g/mol. The van der Waals surface area contributed by atoms with Gasteiger partial charge in [-0.1, -0.05) is 23.7 Å². The summed E-state index contributed by atoms with van der Waals surface area (Å²) in [4.78, 5) is 42.5. The molecule has 0 fully saturated rings. The van der Waals surface area contributed by atoms with Crippen LogP contribution in [0.15, 0.2) is 52.4 Å². The fourth-order valence-electron chi connectivity index (χ4n) is 2.82. The van der Waals surface area contributed by atoms with Crippen LogP contribution in [0.1, 0.15) is 30.7 Å². The summed E-state index contributed by atoms with van der Waals surface area (Å²) in [6.45, 7) is 1.36. The number of hydrogen-bond acceptors (Lipinski definition) is 7. The maximum Gasteiger partial charge on any atom is 0.276 e. The van der Waals surface area contributed by atoms with Gasteiger partial charge >= 0.3 is 0 Å². The van der Waals surface area contributed by atoms with E-state index >= 15 is 0 Å². The van der Waals surface area contributed by atoms with Gasteiger partial charge in [0.05, 0.1) is 17.1 Å². The normalized spacial score (nSPS) is 12.1. The molecule has 11 heteroatoms. The summed E-state index contributed by atoms with van der Waals surface area (Å²) < 4.78 is 0. The highest BCUT2D eigenvalue weighted by Crippen LogP contribution is 2.21. The van der Waals surface area contributed by atoms with Gasteiger partial charge in [-0.25, -0.2) is 10.4 Å². The number of H-pyrrole nitrogens is 1. The van der Waals surface area contributed by atoms with Gasteiger partial charge in [-0.05, 0) is 35.9 Å². The maximum absolute atomic E-state index is 12.7. The van der Waals surface area contributed by atoms with Crippen molar-refractivity contribution in [2.75, 3.05) is 5.32 Å². The Morgan fingerprint density at radius 3 is 2.66 bits per heavy atom. The minimum atomic E-state index is -1.46. The largest absolute Gasteiger partial charge is 0.382 e. The first-order valence-electron chi connectivity index (χ1n) is 9.27. The molecule has 1 atom stereocenters. The van der Waals surface area contributed by atoms with Crippen LogP contribution < -0.4 is 16.3 Å². The number of aromatic nitrogens is 2. The number of hydrogen-bond donors (Lipinski definition) is 4. The standard InChI is InChI=1S/C21H17ClN6O4/c1-11(29)24-14-5-2-12(3-6-14)20(31)18(28-27-17(30)8-9-23)19-21(32)26-16-10-13(22)4-7-15(16)25-19/h2-7,10,20,31H,8H2,1H3,(H,24,29)(H,26,32)(H,27,30)/b28-18-. The number of rotatable bonds is 6. The first-order valence-corrected chi connectivity index (χ1v) is 9.65. The quantitative estimate of drug-likeness (QED) is 0.330. The lowest BCUT2D eigenvalue weighted by Gasteiger charge is -2.15. The average molecular weight is 453 g/mol. The van der Waals surface area contributed by atoms with Gasteiger partial charge in [0.15, 0.2) is 5.69 Å². The van der Waals surface area contributed by atoms with Gasteiger partial charge < -0.3 is 15.4 Å². The zero-order chi connectivity index (χ0) is 23.3. The smallest absolute Gasteiger partial charge is 0.276 e. The molecule has 2 amide bonds. The molecule has 0 bridgehead atoms. The van der Waals surface area contributed by atoms with E-state index < -0.39 is 24.0 Å². The Kier molecular flexibility index (Phi) is 6.94. The third kappa shape index (κ3) is 5.34. The second-order valence-electron chi connectivity index (χ2n) is 6.65. The van der Waals surface area contributed by atoms with E-state index in [0.717, 1.165) is 0 Å². The Bertz CT molecular complexity index is 1310. The number of fused-ring (bicyclic) bond motifs is 1. The molecular weight excluding hydrogens is 436 g/mol. The van der Waals surface area contributed by atoms with Crippen LogP contribution in [0.25, 0.3) is 11.0 Å². The van der Waals surface area contributed by atoms with Gasteiger partial charge in [0.1, 0.15) is 18.2 Å². The van der Waals surface area contributed by atoms with E-state index in [2.05, 4.69) is 25.8 Å². The molecule has 3 aromatic rings. The summed E-state index contributed by atoms with van der Waals surface area (Å²) in [7, 11) is 0. The molecule has 0 radical (unpaired) electrons. The molecule has 10 nitrogen and oxygen atoms in total. The predicted molar refractivity (Wildman–Crippen MR) is 118 cm³/mol. The van der Waals surface area contributed by atoms with E-state index in [4.69, 9.17) is 16.9 Å². The number of anilines is 1. The van der Waals surface area contributed by atoms with Crippen LogP contribution in [0.4, 0.5) is 5.69 Å². The molecule has 32 heavy (non-hydrogen) atoms. The Hall–Kier alpha value is -4.07. The zero-order valence-electron chi connectivity index (χ0n) is 16.7. The van der Waals surface area contributed by atoms with Crippen LogP contribution in [0, 0.1) is 11.3 Å². The second kappa shape index (κ2) is 9.82. The molecule has 1 aromatic heterocycles. The number of aromatic amines is 1. The van der Waals surface area contributed by atoms with Crippen molar-refractivity contribution < 1.29 is 14.7 Å². The number of nitrogens with one attached hydrogen (secondary N) is 3. The molecule has 162 valence electrons. The number of aliphatic hydroxyl groups excluding tert-OH is 1. The molecule has 2 aromatic carbocycles. The number of nitriles is 1. The van der Waals surface area contributed by atoms with Crippen LogP contribution in [-0.2, 0) is 9.59 Å². The van der Waals surface area contributed by atoms with E-state index in [1.54, 1.807) is 30.3 Å². The van der Waals surface area contributed by atoms with Crippen molar-refractivity contribution >= 4 is 45.8 Å². The summed E-state index contributed by atoms with van der Waals surface area (Å²) in [5, 5.41) is 26.5. The van der Waals surface area contributed by atoms with Gasteiger partial charge in [0.25, 0.3) is 11.5 Å². The lowest BCUT2D eigenvalue weighted by Crippen LogP contribution is -2.29. The molecule has 0 aliphatic carbocycles. The summed E-state index contributed by atoms with van der Waals surface area (Å²) in [5.41, 5.74) is 2.62. The highest BCUT2D eigenvalue weighted by molar-refractivity contribution is 6.31. The highest BCUT2D eigenvalue weighted by Gasteiger charge is 2.23. The number of hydrazone groups is 1. The van der Waals surface area contributed by atoms with Crippen LogP contribution in [-0.4, -0.2) is 32.6 Å². The lowest BCUT2D eigenvalue weighted by molar-refractivity contribution is -0.120. The van der Waals surface area contributed by atoms with Gasteiger partial charge in [-0.15, -0.1) is 0 Å². The number of aliphatic hydroxyl groups is 1. The topological polar surface area (TPSA) is 160 Å².